The van der Waals surface area contributed by atoms with Gasteiger partial charge in [0.15, 0.2) is 11.2 Å². The fraction of sp³-hybridized carbons (Fsp3) is 0.385. The van der Waals surface area contributed by atoms with Crippen molar-refractivity contribution in [3.05, 3.63) is 39.1 Å². The molecule has 0 aliphatic rings. The first-order valence-electron chi connectivity index (χ1n) is 6.73. The van der Waals surface area contributed by atoms with Crippen LogP contribution in [-0.4, -0.2) is 28.7 Å². The minimum Gasteiger partial charge on any atom is -0.318 e. The van der Waals surface area contributed by atoms with E-state index in [1.54, 1.807) is 24.0 Å². The highest BCUT2D eigenvalue weighted by molar-refractivity contribution is 5.71. The van der Waals surface area contributed by atoms with Gasteiger partial charge in [0.1, 0.15) is 5.82 Å². The molecule has 0 spiro atoms. The van der Waals surface area contributed by atoms with Crippen LogP contribution < -0.4 is 11.2 Å². The molecule has 8 nitrogen and oxygen atoms in total. The molecule has 0 radical (unpaired) electrons. The van der Waals surface area contributed by atoms with Crippen molar-refractivity contribution in [1.29, 1.82) is 0 Å². The molecule has 21 heavy (non-hydrogen) atoms. The number of imidazole rings is 2. The molecular weight excluding hydrogens is 272 g/mol. The number of fused-ring (bicyclic) bond motifs is 1. The predicted octanol–water partition coefficient (Wildman–Crippen LogP) is 0.0985. The molecule has 0 amide bonds. The Morgan fingerprint density at radius 3 is 2.71 bits per heavy atom. The summed E-state index contributed by atoms with van der Waals surface area (Å²) in [5.74, 6) is 1.35. The summed E-state index contributed by atoms with van der Waals surface area (Å²) in [6, 6.07) is 0. The Morgan fingerprint density at radius 1 is 1.24 bits per heavy atom. The third kappa shape index (κ3) is 1.91. The quantitative estimate of drug-likeness (QED) is 0.740. The molecule has 3 heterocycles. The van der Waals surface area contributed by atoms with Gasteiger partial charge in [-0.15, -0.1) is 0 Å². The molecule has 3 aromatic heterocycles. The number of aromatic nitrogens is 6. The summed E-state index contributed by atoms with van der Waals surface area (Å²) in [7, 11) is 3.04. The number of aryl methyl sites for hydroxylation is 2. The molecule has 0 aliphatic carbocycles. The molecular formula is C13H16N6O2. The lowest BCUT2D eigenvalue weighted by atomic mass is 10.3. The van der Waals surface area contributed by atoms with Gasteiger partial charge < -0.3 is 4.98 Å². The molecule has 0 saturated carbocycles. The van der Waals surface area contributed by atoms with E-state index in [9.17, 15) is 9.59 Å². The third-order valence-corrected chi connectivity index (χ3v) is 3.50. The highest BCUT2D eigenvalue weighted by Gasteiger charge is 2.15. The van der Waals surface area contributed by atoms with E-state index >= 15 is 0 Å². The summed E-state index contributed by atoms with van der Waals surface area (Å²) < 4.78 is 4.21. The van der Waals surface area contributed by atoms with E-state index in [-0.39, 0.29) is 5.56 Å². The van der Waals surface area contributed by atoms with Crippen LogP contribution in [0.1, 0.15) is 19.2 Å². The first kappa shape index (κ1) is 13.3. The lowest BCUT2D eigenvalue weighted by Gasteiger charge is -2.01. The average Bonchev–Trinajstić information content (AvgIpc) is 3.09. The van der Waals surface area contributed by atoms with Crippen LogP contribution in [0.4, 0.5) is 0 Å². The average molecular weight is 288 g/mol. The van der Waals surface area contributed by atoms with Crippen molar-refractivity contribution < 1.29 is 0 Å². The molecule has 3 aromatic rings. The van der Waals surface area contributed by atoms with Gasteiger partial charge in [-0.3, -0.25) is 18.5 Å². The van der Waals surface area contributed by atoms with E-state index in [2.05, 4.69) is 21.9 Å². The maximum absolute atomic E-state index is 12.1. The number of nitrogens with one attached hydrogen (secondary N) is 1. The molecule has 110 valence electrons. The SMILES string of the molecule is CCCc1nccn1-c1nc2c([nH]1)c(=O)n(C)c(=O)n2C. The summed E-state index contributed by atoms with van der Waals surface area (Å²) >= 11 is 0. The summed E-state index contributed by atoms with van der Waals surface area (Å²) in [6.07, 6.45) is 5.24. The van der Waals surface area contributed by atoms with Crippen LogP contribution >= 0.6 is 0 Å². The molecule has 0 unspecified atom stereocenters. The fourth-order valence-electron chi connectivity index (χ4n) is 2.36. The normalized spacial score (nSPS) is 11.4. The monoisotopic (exact) mass is 288 g/mol. The number of H-pyrrole nitrogens is 1. The van der Waals surface area contributed by atoms with E-state index in [0.717, 1.165) is 23.2 Å². The van der Waals surface area contributed by atoms with Gasteiger partial charge in [0.05, 0.1) is 0 Å². The standard InChI is InChI=1S/C13H16N6O2/c1-4-5-8-14-6-7-19(8)12-15-9-10(16-12)17(2)13(21)18(3)11(9)20/h6-7H,4-5H2,1-3H3,(H,15,16). The van der Waals surface area contributed by atoms with Crippen molar-refractivity contribution >= 4 is 11.2 Å². The molecule has 1 N–H and O–H groups in total. The van der Waals surface area contributed by atoms with E-state index in [1.807, 2.05) is 0 Å². The predicted molar refractivity (Wildman–Crippen MR) is 77.7 cm³/mol. The van der Waals surface area contributed by atoms with Crippen LogP contribution in [0.3, 0.4) is 0 Å². The topological polar surface area (TPSA) is 90.5 Å². The van der Waals surface area contributed by atoms with Gasteiger partial charge in [-0.1, -0.05) is 6.92 Å². The first-order chi connectivity index (χ1) is 10.0. The maximum Gasteiger partial charge on any atom is 0.332 e. The van der Waals surface area contributed by atoms with Gasteiger partial charge in [0.2, 0.25) is 5.95 Å². The van der Waals surface area contributed by atoms with E-state index < -0.39 is 5.69 Å². The first-order valence-corrected chi connectivity index (χ1v) is 6.73. The summed E-state index contributed by atoms with van der Waals surface area (Å²) in [5, 5.41) is 0. The minimum atomic E-state index is -0.398. The fourth-order valence-corrected chi connectivity index (χ4v) is 2.36. The lowest BCUT2D eigenvalue weighted by Crippen LogP contribution is -2.36. The third-order valence-electron chi connectivity index (χ3n) is 3.50. The number of hydrogen-bond donors (Lipinski definition) is 1. The van der Waals surface area contributed by atoms with Crippen molar-refractivity contribution in [1.82, 2.24) is 28.7 Å². The smallest absolute Gasteiger partial charge is 0.318 e. The van der Waals surface area contributed by atoms with E-state index in [0.29, 0.717) is 17.1 Å². The van der Waals surface area contributed by atoms with E-state index in [1.165, 1.54) is 11.6 Å². The molecule has 0 bridgehead atoms. The second-order valence-electron chi connectivity index (χ2n) is 4.93. The largest absolute Gasteiger partial charge is 0.332 e. The van der Waals surface area contributed by atoms with Crippen LogP contribution in [-0.2, 0) is 20.5 Å². The van der Waals surface area contributed by atoms with Crippen molar-refractivity contribution in [2.24, 2.45) is 14.1 Å². The van der Waals surface area contributed by atoms with Gasteiger partial charge >= 0.3 is 5.69 Å². The Labute approximate surface area is 119 Å². The molecule has 0 fully saturated rings. The molecule has 8 heteroatoms. The summed E-state index contributed by atoms with van der Waals surface area (Å²) in [6.45, 7) is 2.07. The lowest BCUT2D eigenvalue weighted by molar-refractivity contribution is 0.708. The van der Waals surface area contributed by atoms with Gasteiger partial charge in [-0.05, 0) is 6.42 Å². The Hall–Kier alpha value is -2.64. The van der Waals surface area contributed by atoms with Gasteiger partial charge in [0.25, 0.3) is 5.56 Å². The minimum absolute atomic E-state index is 0.311. The Kier molecular flexibility index (Phi) is 3.00. The second kappa shape index (κ2) is 4.72. The summed E-state index contributed by atoms with van der Waals surface area (Å²) in [5.41, 5.74) is -0.131. The molecule has 0 atom stereocenters. The van der Waals surface area contributed by atoms with Crippen molar-refractivity contribution in [2.75, 3.05) is 0 Å². The van der Waals surface area contributed by atoms with Crippen LogP contribution in [0.15, 0.2) is 22.0 Å². The second-order valence-corrected chi connectivity index (χ2v) is 4.93. The zero-order valence-corrected chi connectivity index (χ0v) is 12.1. The van der Waals surface area contributed by atoms with Crippen molar-refractivity contribution in [3.8, 4) is 5.95 Å². The molecule has 0 aromatic carbocycles. The highest BCUT2D eigenvalue weighted by Crippen LogP contribution is 2.12. The molecule has 3 rings (SSSR count). The van der Waals surface area contributed by atoms with Crippen LogP contribution in [0.5, 0.6) is 0 Å². The number of hydrogen-bond acceptors (Lipinski definition) is 4. The van der Waals surface area contributed by atoms with Crippen LogP contribution in [0.2, 0.25) is 0 Å². The van der Waals surface area contributed by atoms with Gasteiger partial charge in [-0.25, -0.2) is 9.78 Å². The van der Waals surface area contributed by atoms with Crippen molar-refractivity contribution in [2.45, 2.75) is 19.8 Å². The maximum atomic E-state index is 12.1. The molecule has 0 aliphatic heterocycles. The zero-order valence-electron chi connectivity index (χ0n) is 12.1. The van der Waals surface area contributed by atoms with Crippen LogP contribution in [0.25, 0.3) is 17.1 Å². The van der Waals surface area contributed by atoms with Crippen LogP contribution in [0, 0.1) is 0 Å². The number of aromatic amines is 1. The highest BCUT2D eigenvalue weighted by atomic mass is 16.2. The molecule has 0 saturated heterocycles. The van der Waals surface area contributed by atoms with E-state index in [4.69, 9.17) is 0 Å². The van der Waals surface area contributed by atoms with Gasteiger partial charge in [0, 0.05) is 32.9 Å². The van der Waals surface area contributed by atoms with Crippen molar-refractivity contribution in [3.63, 3.8) is 0 Å². The zero-order chi connectivity index (χ0) is 15.1. The van der Waals surface area contributed by atoms with Gasteiger partial charge in [-0.2, -0.15) is 4.98 Å². The number of rotatable bonds is 3. The Bertz CT molecular complexity index is 926. The Morgan fingerprint density at radius 2 is 2.00 bits per heavy atom. The number of nitrogens with zero attached hydrogens (tertiary/aromatic N) is 5. The summed E-state index contributed by atoms with van der Waals surface area (Å²) in [4.78, 5) is 35.7. The Balaban J connectivity index is 2.29.